The van der Waals surface area contributed by atoms with Gasteiger partial charge < -0.3 is 5.32 Å². The van der Waals surface area contributed by atoms with Crippen LogP contribution in [0.1, 0.15) is 27.2 Å². The Morgan fingerprint density at radius 1 is 1.41 bits per heavy atom. The smallest absolute Gasteiger partial charge is 0.147 e. The molecule has 0 aromatic rings. The summed E-state index contributed by atoms with van der Waals surface area (Å²) in [7, 11) is -2.82. The molecule has 1 heterocycles. The average molecular weight is 262 g/mol. The number of hydrogen-bond acceptors (Lipinski definition) is 4. The number of nitrogens with one attached hydrogen (secondary N) is 1. The van der Waals surface area contributed by atoms with Gasteiger partial charge in [-0.15, -0.1) is 0 Å². The van der Waals surface area contributed by atoms with E-state index in [1.807, 2.05) is 0 Å². The molecule has 2 unspecified atom stereocenters. The molecule has 1 aliphatic rings. The van der Waals surface area contributed by atoms with Crippen molar-refractivity contribution in [1.82, 2.24) is 10.2 Å². The van der Waals surface area contributed by atoms with Gasteiger partial charge in [-0.2, -0.15) is 0 Å². The average Bonchev–Trinajstić information content (AvgIpc) is 2.15. The Labute approximate surface area is 106 Å². The quantitative estimate of drug-likeness (QED) is 0.794. The third-order valence-electron chi connectivity index (χ3n) is 3.38. The minimum atomic E-state index is -2.82. The molecule has 1 saturated heterocycles. The fourth-order valence-electron chi connectivity index (χ4n) is 2.45. The minimum absolute atomic E-state index is 0.302. The van der Waals surface area contributed by atoms with Crippen molar-refractivity contribution in [2.24, 2.45) is 5.92 Å². The molecule has 102 valence electrons. The first-order valence-electron chi connectivity index (χ1n) is 6.45. The molecule has 0 amide bonds. The third kappa shape index (κ3) is 5.36. The van der Waals surface area contributed by atoms with Gasteiger partial charge in [0, 0.05) is 31.4 Å². The van der Waals surface area contributed by atoms with E-state index >= 15 is 0 Å². The Balaban J connectivity index is 2.47. The lowest BCUT2D eigenvalue weighted by Gasteiger charge is -2.41. The lowest BCUT2D eigenvalue weighted by Crippen LogP contribution is -2.57. The van der Waals surface area contributed by atoms with E-state index in [1.165, 1.54) is 6.26 Å². The van der Waals surface area contributed by atoms with Gasteiger partial charge in [0.25, 0.3) is 0 Å². The monoisotopic (exact) mass is 262 g/mol. The van der Waals surface area contributed by atoms with Crippen LogP contribution in [0.2, 0.25) is 0 Å². The van der Waals surface area contributed by atoms with E-state index in [9.17, 15) is 8.42 Å². The highest BCUT2D eigenvalue weighted by Gasteiger charge is 2.27. The first kappa shape index (κ1) is 14.9. The topological polar surface area (TPSA) is 49.4 Å². The van der Waals surface area contributed by atoms with Gasteiger partial charge >= 0.3 is 0 Å². The van der Waals surface area contributed by atoms with Gasteiger partial charge in [-0.05, 0) is 25.8 Å². The third-order valence-corrected chi connectivity index (χ3v) is 4.41. The van der Waals surface area contributed by atoms with E-state index in [1.54, 1.807) is 0 Å². The van der Waals surface area contributed by atoms with E-state index < -0.39 is 9.84 Å². The van der Waals surface area contributed by atoms with Gasteiger partial charge in [-0.1, -0.05) is 13.8 Å². The first-order valence-corrected chi connectivity index (χ1v) is 8.51. The maximum absolute atomic E-state index is 11.1. The molecule has 0 aromatic carbocycles. The molecule has 0 saturated carbocycles. The van der Waals surface area contributed by atoms with Crippen molar-refractivity contribution >= 4 is 9.84 Å². The molecule has 0 spiro atoms. The van der Waals surface area contributed by atoms with Crippen LogP contribution in [0, 0.1) is 5.92 Å². The molecular weight excluding hydrogens is 236 g/mol. The van der Waals surface area contributed by atoms with Crippen molar-refractivity contribution < 1.29 is 8.42 Å². The molecule has 1 N–H and O–H groups in total. The summed E-state index contributed by atoms with van der Waals surface area (Å²) in [4.78, 5) is 2.44. The van der Waals surface area contributed by atoms with E-state index in [-0.39, 0.29) is 0 Å². The van der Waals surface area contributed by atoms with Crippen molar-refractivity contribution in [1.29, 1.82) is 0 Å². The minimum Gasteiger partial charge on any atom is -0.311 e. The molecule has 1 fully saturated rings. The van der Waals surface area contributed by atoms with Crippen LogP contribution in [-0.4, -0.2) is 57.0 Å². The molecule has 1 rings (SSSR count). The van der Waals surface area contributed by atoms with Crippen molar-refractivity contribution in [3.8, 4) is 0 Å². The van der Waals surface area contributed by atoms with Crippen LogP contribution >= 0.6 is 0 Å². The zero-order valence-electron chi connectivity index (χ0n) is 11.4. The van der Waals surface area contributed by atoms with Crippen LogP contribution in [0.4, 0.5) is 0 Å². The summed E-state index contributed by atoms with van der Waals surface area (Å²) < 4.78 is 22.2. The lowest BCUT2D eigenvalue weighted by atomic mass is 9.98. The van der Waals surface area contributed by atoms with E-state index in [0.29, 0.717) is 23.8 Å². The second kappa shape index (κ2) is 6.16. The standard InChI is InChI=1S/C12H26N2O2S/c1-10(2)12-8-13-11(3)9-14(12)6-5-7-17(4,15)16/h10-13H,5-9H2,1-4H3. The maximum atomic E-state index is 11.1. The van der Waals surface area contributed by atoms with Gasteiger partial charge in [0.1, 0.15) is 9.84 Å². The molecule has 0 aliphatic carbocycles. The van der Waals surface area contributed by atoms with Gasteiger partial charge in [-0.3, -0.25) is 4.90 Å². The summed E-state index contributed by atoms with van der Waals surface area (Å²) in [5.41, 5.74) is 0. The SMILES string of the molecule is CC1CN(CCCS(C)(=O)=O)C(C(C)C)CN1. The molecule has 5 heteroatoms. The molecule has 2 atom stereocenters. The molecule has 0 bridgehead atoms. The highest BCUT2D eigenvalue weighted by atomic mass is 32.2. The summed E-state index contributed by atoms with van der Waals surface area (Å²) in [6.07, 6.45) is 2.06. The Morgan fingerprint density at radius 3 is 2.59 bits per heavy atom. The zero-order chi connectivity index (χ0) is 13.1. The van der Waals surface area contributed by atoms with E-state index in [2.05, 4.69) is 31.0 Å². The fourth-order valence-corrected chi connectivity index (χ4v) is 3.10. The predicted octanol–water partition coefficient (Wildman–Crippen LogP) is 0.739. The molecule has 0 aromatic heterocycles. The second-order valence-corrected chi connectivity index (χ2v) is 7.86. The van der Waals surface area contributed by atoms with Crippen molar-refractivity contribution in [2.75, 3.05) is 31.6 Å². The normalized spacial score (nSPS) is 27.6. The maximum Gasteiger partial charge on any atom is 0.147 e. The second-order valence-electron chi connectivity index (χ2n) is 5.60. The zero-order valence-corrected chi connectivity index (χ0v) is 12.3. The summed E-state index contributed by atoms with van der Waals surface area (Å²) in [5.74, 6) is 0.907. The number of rotatable bonds is 5. The lowest BCUT2D eigenvalue weighted by molar-refractivity contribution is 0.103. The van der Waals surface area contributed by atoms with Crippen LogP contribution in [-0.2, 0) is 9.84 Å². The van der Waals surface area contributed by atoms with E-state index in [0.717, 1.165) is 26.1 Å². The van der Waals surface area contributed by atoms with Gasteiger partial charge in [-0.25, -0.2) is 8.42 Å². The Bertz CT molecular complexity index is 327. The summed E-state index contributed by atoms with van der Waals surface area (Å²) >= 11 is 0. The van der Waals surface area contributed by atoms with Crippen LogP contribution in [0.3, 0.4) is 0 Å². The van der Waals surface area contributed by atoms with Crippen LogP contribution in [0.5, 0.6) is 0 Å². The largest absolute Gasteiger partial charge is 0.311 e. The Hall–Kier alpha value is -0.130. The van der Waals surface area contributed by atoms with Crippen molar-refractivity contribution in [2.45, 2.75) is 39.3 Å². The van der Waals surface area contributed by atoms with Gasteiger partial charge in [0.05, 0.1) is 5.75 Å². The first-order chi connectivity index (χ1) is 7.79. The summed E-state index contributed by atoms with van der Waals surface area (Å²) in [5, 5.41) is 3.49. The van der Waals surface area contributed by atoms with Crippen molar-refractivity contribution in [3.63, 3.8) is 0 Å². The van der Waals surface area contributed by atoms with Gasteiger partial charge in [0.15, 0.2) is 0 Å². The van der Waals surface area contributed by atoms with Crippen LogP contribution in [0.15, 0.2) is 0 Å². The number of nitrogens with zero attached hydrogens (tertiary/aromatic N) is 1. The molecular formula is C12H26N2O2S. The fraction of sp³-hybridized carbons (Fsp3) is 1.00. The number of piperazine rings is 1. The van der Waals surface area contributed by atoms with Crippen LogP contribution < -0.4 is 5.32 Å². The molecule has 1 aliphatic heterocycles. The van der Waals surface area contributed by atoms with E-state index in [4.69, 9.17) is 0 Å². The van der Waals surface area contributed by atoms with Gasteiger partial charge in [0.2, 0.25) is 0 Å². The summed E-state index contributed by atoms with van der Waals surface area (Å²) in [6.45, 7) is 9.56. The molecule has 0 radical (unpaired) electrons. The Morgan fingerprint density at radius 2 is 2.06 bits per heavy atom. The highest BCUT2D eigenvalue weighted by Crippen LogP contribution is 2.15. The predicted molar refractivity (Wildman–Crippen MR) is 72.0 cm³/mol. The van der Waals surface area contributed by atoms with Crippen LogP contribution in [0.25, 0.3) is 0 Å². The number of sulfone groups is 1. The number of hydrogen-bond donors (Lipinski definition) is 1. The molecule has 4 nitrogen and oxygen atoms in total. The van der Waals surface area contributed by atoms with Crippen molar-refractivity contribution in [3.05, 3.63) is 0 Å². The Kier molecular flexibility index (Phi) is 5.41. The molecule has 17 heavy (non-hydrogen) atoms. The summed E-state index contributed by atoms with van der Waals surface area (Å²) in [6, 6.07) is 1.04. The highest BCUT2D eigenvalue weighted by molar-refractivity contribution is 7.90.